The number of aromatic nitrogens is 3. The number of halogens is 2. The summed E-state index contributed by atoms with van der Waals surface area (Å²) in [6.45, 7) is 7.89. The number of imide groups is 1. The van der Waals surface area contributed by atoms with Crippen molar-refractivity contribution in [2.75, 3.05) is 72.9 Å². The number of thiazole rings is 1. The van der Waals surface area contributed by atoms with Crippen LogP contribution in [0.3, 0.4) is 0 Å². The molecule has 4 heterocycles. The van der Waals surface area contributed by atoms with Crippen LogP contribution < -0.4 is 35.8 Å². The lowest BCUT2D eigenvalue weighted by atomic mass is 10.2. The molecule has 15 nitrogen and oxygen atoms in total. The molecule has 6 rings (SSSR count). The van der Waals surface area contributed by atoms with Gasteiger partial charge in [-0.3, -0.25) is 29.5 Å². The van der Waals surface area contributed by atoms with Gasteiger partial charge in [-0.15, -0.1) is 0 Å². The van der Waals surface area contributed by atoms with Crippen molar-refractivity contribution in [1.29, 1.82) is 0 Å². The van der Waals surface area contributed by atoms with Gasteiger partial charge < -0.3 is 25.6 Å². The minimum Gasteiger partial charge on any atom is -0.484 e. The van der Waals surface area contributed by atoms with Crippen LogP contribution in [0.1, 0.15) is 33.9 Å². The molecule has 2 aliphatic rings. The molecule has 4 aromatic rings. The number of ether oxygens (including phenoxy) is 1. The first-order chi connectivity index (χ1) is 25.5. The van der Waals surface area contributed by atoms with Gasteiger partial charge in [0.1, 0.15) is 28.1 Å². The maximum atomic E-state index is 14.7. The number of carbonyl (C=O) groups is 4. The van der Waals surface area contributed by atoms with Crippen LogP contribution in [0.4, 0.5) is 37.3 Å². The summed E-state index contributed by atoms with van der Waals surface area (Å²) in [6.07, 6.45) is 2.33. The fraction of sp³-hybridized carbons (Fsp3) is 0.343. The van der Waals surface area contributed by atoms with Gasteiger partial charge >= 0.3 is 6.03 Å². The summed E-state index contributed by atoms with van der Waals surface area (Å²) in [7, 11) is 0. The molecule has 53 heavy (non-hydrogen) atoms. The van der Waals surface area contributed by atoms with E-state index in [1.165, 1.54) is 29.7 Å². The van der Waals surface area contributed by atoms with Crippen molar-refractivity contribution >= 4 is 74.8 Å². The van der Waals surface area contributed by atoms with Gasteiger partial charge in [0.15, 0.2) is 17.6 Å². The van der Waals surface area contributed by atoms with Crippen LogP contribution in [0.15, 0.2) is 48.7 Å². The van der Waals surface area contributed by atoms with E-state index in [2.05, 4.69) is 46.0 Å². The maximum Gasteiger partial charge on any atom is 0.328 e. The fourth-order valence-corrected chi connectivity index (χ4v) is 6.80. The molecule has 2 saturated heterocycles. The SMILES string of the molecule is Cc1nc(Nc2ncc(C(=O)Nc3c(C)cccc3Cl)s2)cc(N2CCN(CCCNC(=O)COc3ccc(N4CCC(=O)NC4=O)c(F)c3)CC2)n1. The number of nitrogens with one attached hydrogen (secondary N) is 4. The summed E-state index contributed by atoms with van der Waals surface area (Å²) in [5, 5.41) is 12.0. The second-order valence-electron chi connectivity index (χ2n) is 12.4. The van der Waals surface area contributed by atoms with E-state index in [4.69, 9.17) is 16.3 Å². The zero-order chi connectivity index (χ0) is 37.5. The lowest BCUT2D eigenvalue weighted by Gasteiger charge is -2.35. The van der Waals surface area contributed by atoms with E-state index in [9.17, 15) is 23.6 Å². The van der Waals surface area contributed by atoms with Gasteiger partial charge in [0.25, 0.3) is 11.8 Å². The highest BCUT2D eigenvalue weighted by Crippen LogP contribution is 2.29. The highest BCUT2D eigenvalue weighted by Gasteiger charge is 2.26. The van der Waals surface area contributed by atoms with Crippen molar-refractivity contribution in [1.82, 2.24) is 30.5 Å². The normalized spacial score (nSPS) is 14.9. The molecule has 278 valence electrons. The molecule has 0 atom stereocenters. The van der Waals surface area contributed by atoms with Crippen LogP contribution in [-0.4, -0.2) is 96.0 Å². The molecular weight excluding hydrogens is 727 g/mol. The highest BCUT2D eigenvalue weighted by molar-refractivity contribution is 7.17. The molecule has 0 radical (unpaired) electrons. The Morgan fingerprint density at radius 2 is 1.87 bits per heavy atom. The Labute approximate surface area is 313 Å². The van der Waals surface area contributed by atoms with Gasteiger partial charge in [-0.25, -0.2) is 24.1 Å². The molecule has 4 N–H and O–H groups in total. The van der Waals surface area contributed by atoms with E-state index in [0.29, 0.717) is 38.9 Å². The Morgan fingerprint density at radius 3 is 2.62 bits per heavy atom. The number of nitrogens with zero attached hydrogens (tertiary/aromatic N) is 6. The number of aryl methyl sites for hydroxylation is 2. The summed E-state index contributed by atoms with van der Waals surface area (Å²) in [5.41, 5.74) is 1.46. The largest absolute Gasteiger partial charge is 0.484 e. The van der Waals surface area contributed by atoms with E-state index in [-0.39, 0.29) is 42.8 Å². The quantitative estimate of drug-likeness (QED) is 0.141. The number of amides is 5. The fourth-order valence-electron chi connectivity index (χ4n) is 5.81. The Balaban J connectivity index is 0.905. The molecular formula is C35H38ClFN10O5S. The third kappa shape index (κ3) is 9.74. The van der Waals surface area contributed by atoms with Gasteiger partial charge in [-0.05, 0) is 50.6 Å². The first-order valence-corrected chi connectivity index (χ1v) is 18.1. The second kappa shape index (κ2) is 17.0. The van der Waals surface area contributed by atoms with E-state index in [1.54, 1.807) is 6.07 Å². The van der Waals surface area contributed by atoms with Gasteiger partial charge in [0.2, 0.25) is 5.91 Å². The molecule has 0 spiro atoms. The summed E-state index contributed by atoms with van der Waals surface area (Å²) in [5.74, 6) is 0.379. The van der Waals surface area contributed by atoms with Crippen LogP contribution in [0, 0.1) is 19.7 Å². The van der Waals surface area contributed by atoms with Crippen LogP contribution >= 0.6 is 22.9 Å². The molecule has 0 aliphatic carbocycles. The van der Waals surface area contributed by atoms with Crippen molar-refractivity contribution in [2.45, 2.75) is 26.7 Å². The molecule has 5 amide bonds. The highest BCUT2D eigenvalue weighted by atomic mass is 35.5. The predicted molar refractivity (Wildman–Crippen MR) is 200 cm³/mol. The van der Waals surface area contributed by atoms with E-state index in [0.717, 1.165) is 61.5 Å². The number of hydrogen-bond acceptors (Lipinski definition) is 12. The number of urea groups is 1. The Kier molecular flexibility index (Phi) is 12.0. The van der Waals surface area contributed by atoms with E-state index >= 15 is 0 Å². The minimum absolute atomic E-state index is 0.0249. The molecule has 0 saturated carbocycles. The van der Waals surface area contributed by atoms with Crippen molar-refractivity contribution in [3.63, 3.8) is 0 Å². The van der Waals surface area contributed by atoms with Crippen LogP contribution in [-0.2, 0) is 9.59 Å². The number of rotatable bonds is 13. The van der Waals surface area contributed by atoms with Crippen LogP contribution in [0.25, 0.3) is 0 Å². The van der Waals surface area contributed by atoms with Crippen molar-refractivity contribution in [3.8, 4) is 5.75 Å². The minimum atomic E-state index is -0.697. The predicted octanol–water partition coefficient (Wildman–Crippen LogP) is 4.49. The number of piperazine rings is 1. The Hall–Kier alpha value is -5.39. The number of benzene rings is 2. The third-order valence-corrected chi connectivity index (χ3v) is 9.78. The zero-order valence-electron chi connectivity index (χ0n) is 29.1. The van der Waals surface area contributed by atoms with Crippen molar-refractivity contribution in [3.05, 3.63) is 75.8 Å². The average molecular weight is 765 g/mol. The number of para-hydroxylation sites is 1. The van der Waals surface area contributed by atoms with Gasteiger partial charge in [0, 0.05) is 57.8 Å². The van der Waals surface area contributed by atoms with Crippen LogP contribution in [0.5, 0.6) is 5.75 Å². The first-order valence-electron chi connectivity index (χ1n) is 16.9. The smallest absolute Gasteiger partial charge is 0.328 e. The maximum absolute atomic E-state index is 14.7. The number of hydrogen-bond donors (Lipinski definition) is 4. The molecule has 2 fully saturated rings. The molecule has 2 aromatic carbocycles. The summed E-state index contributed by atoms with van der Waals surface area (Å²) < 4.78 is 20.1. The molecule has 0 bridgehead atoms. The standard InChI is InChI=1S/C35H38ClFN10O5S/c1-21-5-3-6-24(36)32(21)44-33(50)27-19-39-34(53-27)42-28-18-29(41-22(2)40-28)46-15-13-45(14-16-46)11-4-10-38-31(49)20-52-23-7-8-26(25(37)17-23)47-12-9-30(48)43-35(47)51/h3,5-8,17-19H,4,9-16,20H2,1-2H3,(H,38,49)(H,44,50)(H,43,48,51)(H,39,40,41,42). The van der Waals surface area contributed by atoms with Crippen LogP contribution in [0.2, 0.25) is 5.02 Å². The first kappa shape index (κ1) is 37.4. The third-order valence-electron chi connectivity index (χ3n) is 8.55. The molecule has 18 heteroatoms. The lowest BCUT2D eigenvalue weighted by Crippen LogP contribution is -2.49. The lowest BCUT2D eigenvalue weighted by molar-refractivity contribution is -0.123. The Morgan fingerprint density at radius 1 is 1.06 bits per heavy atom. The average Bonchev–Trinajstić information content (AvgIpc) is 3.60. The zero-order valence-corrected chi connectivity index (χ0v) is 30.7. The topological polar surface area (TPSA) is 174 Å². The second-order valence-corrected chi connectivity index (χ2v) is 13.8. The Bertz CT molecular complexity index is 1990. The summed E-state index contributed by atoms with van der Waals surface area (Å²) in [4.78, 5) is 68.2. The number of anilines is 5. The molecule has 2 aromatic heterocycles. The van der Waals surface area contributed by atoms with E-state index in [1.807, 2.05) is 32.0 Å². The van der Waals surface area contributed by atoms with Gasteiger partial charge in [-0.1, -0.05) is 35.1 Å². The van der Waals surface area contributed by atoms with Crippen molar-refractivity contribution < 1.29 is 28.3 Å². The summed E-state index contributed by atoms with van der Waals surface area (Å²) in [6, 6.07) is 10.6. The summed E-state index contributed by atoms with van der Waals surface area (Å²) >= 11 is 7.48. The molecule has 0 unspecified atom stereocenters. The van der Waals surface area contributed by atoms with E-state index < -0.39 is 17.8 Å². The number of carbonyl (C=O) groups excluding carboxylic acids is 4. The van der Waals surface area contributed by atoms with Crippen molar-refractivity contribution in [2.24, 2.45) is 0 Å². The monoisotopic (exact) mass is 764 g/mol. The van der Waals surface area contributed by atoms with Gasteiger partial charge in [-0.2, -0.15) is 0 Å². The molecule has 2 aliphatic heterocycles. The van der Waals surface area contributed by atoms with Gasteiger partial charge in [0.05, 0.1) is 22.6 Å².